The Bertz CT molecular complexity index is 1430. The van der Waals surface area contributed by atoms with Gasteiger partial charge in [0.2, 0.25) is 5.91 Å². The molecule has 0 saturated heterocycles. The highest BCUT2D eigenvalue weighted by molar-refractivity contribution is 6.19. The summed E-state index contributed by atoms with van der Waals surface area (Å²) in [5.41, 5.74) is 4.40. The van der Waals surface area contributed by atoms with Gasteiger partial charge in [-0.05, 0) is 56.3 Å². The summed E-state index contributed by atoms with van der Waals surface area (Å²) in [4.78, 5) is 29.8. The molecule has 3 aromatic carbocycles. The van der Waals surface area contributed by atoms with E-state index in [2.05, 4.69) is 11.9 Å². The smallest absolute Gasteiger partial charge is 0.255 e. The summed E-state index contributed by atoms with van der Waals surface area (Å²) >= 11 is 0. The minimum Gasteiger partial charge on any atom is -0.349 e. The Morgan fingerprint density at radius 1 is 0.946 bits per heavy atom. The molecular weight excluding hydrogens is 458 g/mol. The SMILES string of the molecule is C=C(C(=O)N(Cc1ccc(C)cc1)C(C(=O)NC(C)(C)C)c1cc2ccccc2n1C)c1ccccc1. The molecule has 5 nitrogen and oxygen atoms in total. The van der Waals surface area contributed by atoms with Crippen LogP contribution in [0.25, 0.3) is 16.5 Å². The molecule has 4 aromatic rings. The molecule has 2 amide bonds. The van der Waals surface area contributed by atoms with Crippen molar-refractivity contribution in [3.8, 4) is 0 Å². The zero-order valence-electron chi connectivity index (χ0n) is 22.3. The van der Waals surface area contributed by atoms with E-state index in [-0.39, 0.29) is 18.4 Å². The van der Waals surface area contributed by atoms with Gasteiger partial charge in [-0.1, -0.05) is 84.9 Å². The van der Waals surface area contributed by atoms with Gasteiger partial charge in [0, 0.05) is 30.2 Å². The van der Waals surface area contributed by atoms with Crippen LogP contribution in [0.4, 0.5) is 0 Å². The van der Waals surface area contributed by atoms with E-state index in [9.17, 15) is 9.59 Å². The third-order valence-electron chi connectivity index (χ3n) is 6.44. The summed E-state index contributed by atoms with van der Waals surface area (Å²) in [5, 5.41) is 4.13. The van der Waals surface area contributed by atoms with Crippen LogP contribution in [0.5, 0.6) is 0 Å². The third kappa shape index (κ3) is 5.83. The maximum Gasteiger partial charge on any atom is 0.255 e. The predicted octanol–water partition coefficient (Wildman–Crippen LogP) is 6.18. The summed E-state index contributed by atoms with van der Waals surface area (Å²) in [6.45, 7) is 12.3. The second-order valence-corrected chi connectivity index (χ2v) is 10.6. The van der Waals surface area contributed by atoms with Gasteiger partial charge in [0.05, 0.1) is 5.69 Å². The number of aryl methyl sites for hydroxylation is 2. The number of amides is 2. The molecule has 1 heterocycles. The molecule has 1 N–H and O–H groups in total. The zero-order chi connectivity index (χ0) is 26.7. The number of nitrogens with one attached hydrogen (secondary N) is 1. The fraction of sp³-hybridized carbons (Fsp3) is 0.250. The highest BCUT2D eigenvalue weighted by Crippen LogP contribution is 2.32. The van der Waals surface area contributed by atoms with Crippen LogP contribution in [0.15, 0.2) is 91.5 Å². The Morgan fingerprint density at radius 2 is 1.57 bits per heavy atom. The van der Waals surface area contributed by atoms with Crippen LogP contribution in [0.2, 0.25) is 0 Å². The van der Waals surface area contributed by atoms with E-state index in [4.69, 9.17) is 0 Å². The molecule has 1 atom stereocenters. The van der Waals surface area contributed by atoms with Crippen LogP contribution in [0.3, 0.4) is 0 Å². The highest BCUT2D eigenvalue weighted by Gasteiger charge is 2.36. The van der Waals surface area contributed by atoms with Crippen molar-refractivity contribution in [2.75, 3.05) is 0 Å². The fourth-order valence-corrected chi connectivity index (χ4v) is 4.55. The van der Waals surface area contributed by atoms with Crippen molar-refractivity contribution in [3.05, 3.63) is 114 Å². The van der Waals surface area contributed by atoms with Gasteiger partial charge in [-0.15, -0.1) is 0 Å². The van der Waals surface area contributed by atoms with Crippen molar-refractivity contribution in [2.24, 2.45) is 7.05 Å². The number of benzene rings is 3. The molecule has 0 spiro atoms. The van der Waals surface area contributed by atoms with E-state index in [0.717, 1.165) is 33.3 Å². The molecule has 4 rings (SSSR count). The predicted molar refractivity (Wildman–Crippen MR) is 151 cm³/mol. The Labute approximate surface area is 219 Å². The van der Waals surface area contributed by atoms with Crippen LogP contribution in [-0.2, 0) is 23.2 Å². The van der Waals surface area contributed by atoms with E-state index >= 15 is 0 Å². The summed E-state index contributed by atoms with van der Waals surface area (Å²) in [6.07, 6.45) is 0. The second-order valence-electron chi connectivity index (χ2n) is 10.6. The molecule has 0 aliphatic rings. The largest absolute Gasteiger partial charge is 0.349 e. The monoisotopic (exact) mass is 493 g/mol. The van der Waals surface area contributed by atoms with Gasteiger partial charge in [0.15, 0.2) is 6.04 Å². The fourth-order valence-electron chi connectivity index (χ4n) is 4.55. The first-order chi connectivity index (χ1) is 17.5. The van der Waals surface area contributed by atoms with Crippen LogP contribution in [0, 0.1) is 6.92 Å². The van der Waals surface area contributed by atoms with Gasteiger partial charge in [-0.25, -0.2) is 0 Å². The summed E-state index contributed by atoms with van der Waals surface area (Å²) < 4.78 is 2.00. The van der Waals surface area contributed by atoms with Crippen LogP contribution >= 0.6 is 0 Å². The van der Waals surface area contributed by atoms with E-state index in [0.29, 0.717) is 5.57 Å². The Kier molecular flexibility index (Phi) is 7.35. The van der Waals surface area contributed by atoms with Crippen molar-refractivity contribution in [3.63, 3.8) is 0 Å². The van der Waals surface area contributed by atoms with Gasteiger partial charge in [-0.2, -0.15) is 0 Å². The summed E-state index contributed by atoms with van der Waals surface area (Å²) in [7, 11) is 1.94. The van der Waals surface area contributed by atoms with Gasteiger partial charge in [0.1, 0.15) is 0 Å². The van der Waals surface area contributed by atoms with E-state index < -0.39 is 11.6 Å². The number of carbonyl (C=O) groups is 2. The van der Waals surface area contributed by atoms with E-state index in [1.807, 2.05) is 124 Å². The van der Waals surface area contributed by atoms with Crippen molar-refractivity contribution in [1.29, 1.82) is 0 Å². The van der Waals surface area contributed by atoms with Crippen molar-refractivity contribution in [1.82, 2.24) is 14.8 Å². The molecule has 37 heavy (non-hydrogen) atoms. The molecule has 5 heteroatoms. The number of para-hydroxylation sites is 1. The first-order valence-corrected chi connectivity index (χ1v) is 12.5. The van der Waals surface area contributed by atoms with Crippen molar-refractivity contribution < 1.29 is 9.59 Å². The van der Waals surface area contributed by atoms with E-state index in [1.165, 1.54) is 0 Å². The Balaban J connectivity index is 1.87. The highest BCUT2D eigenvalue weighted by atomic mass is 16.2. The molecule has 0 aliphatic carbocycles. The molecule has 0 saturated carbocycles. The maximum atomic E-state index is 14.2. The average Bonchev–Trinajstić information content (AvgIpc) is 3.19. The zero-order valence-corrected chi connectivity index (χ0v) is 22.3. The lowest BCUT2D eigenvalue weighted by Gasteiger charge is -2.34. The van der Waals surface area contributed by atoms with E-state index in [1.54, 1.807) is 4.90 Å². The third-order valence-corrected chi connectivity index (χ3v) is 6.44. The van der Waals surface area contributed by atoms with Crippen molar-refractivity contribution in [2.45, 2.75) is 45.8 Å². The number of hydrogen-bond donors (Lipinski definition) is 1. The lowest BCUT2D eigenvalue weighted by atomic mass is 10.0. The molecule has 0 radical (unpaired) electrons. The topological polar surface area (TPSA) is 54.3 Å². The Hall–Kier alpha value is -4.12. The number of rotatable bonds is 7. The minimum absolute atomic E-state index is 0.236. The number of hydrogen-bond acceptors (Lipinski definition) is 2. The molecule has 190 valence electrons. The van der Waals surface area contributed by atoms with Gasteiger partial charge in [0.25, 0.3) is 5.91 Å². The molecule has 0 bridgehead atoms. The Morgan fingerprint density at radius 3 is 2.19 bits per heavy atom. The molecule has 0 fully saturated rings. The minimum atomic E-state index is -0.870. The second kappa shape index (κ2) is 10.5. The quantitative estimate of drug-likeness (QED) is 0.312. The van der Waals surface area contributed by atoms with Crippen LogP contribution in [0.1, 0.15) is 49.2 Å². The molecule has 1 aromatic heterocycles. The lowest BCUT2D eigenvalue weighted by Crippen LogP contribution is -2.49. The maximum absolute atomic E-state index is 14.2. The first-order valence-electron chi connectivity index (χ1n) is 12.5. The standard InChI is InChI=1S/C32H35N3O2/c1-22-16-18-24(19-17-22)21-35(31(37)23(2)25-12-8-7-9-13-25)29(30(36)33-32(3,4)5)28-20-26-14-10-11-15-27(26)34(28)6/h7-20,29H,2,21H2,1,3-6H3,(H,33,36). The van der Waals surface area contributed by atoms with Crippen molar-refractivity contribution >= 4 is 28.3 Å². The van der Waals surface area contributed by atoms with Gasteiger partial charge >= 0.3 is 0 Å². The lowest BCUT2D eigenvalue weighted by molar-refractivity contribution is -0.138. The number of aromatic nitrogens is 1. The normalized spacial score (nSPS) is 12.2. The molecule has 0 aliphatic heterocycles. The first kappa shape index (κ1) is 26.0. The molecule has 1 unspecified atom stereocenters. The number of carbonyl (C=O) groups excluding carboxylic acids is 2. The summed E-state index contributed by atoms with van der Waals surface area (Å²) in [5.74, 6) is -0.522. The number of fused-ring (bicyclic) bond motifs is 1. The van der Waals surface area contributed by atoms with Crippen LogP contribution < -0.4 is 5.32 Å². The van der Waals surface area contributed by atoms with Gasteiger partial charge < -0.3 is 14.8 Å². The summed E-state index contributed by atoms with van der Waals surface area (Å²) in [6, 6.07) is 26.6. The van der Waals surface area contributed by atoms with Gasteiger partial charge in [-0.3, -0.25) is 9.59 Å². The average molecular weight is 494 g/mol. The number of nitrogens with zero attached hydrogens (tertiary/aromatic N) is 2. The van der Waals surface area contributed by atoms with Crippen LogP contribution in [-0.4, -0.2) is 26.8 Å². The molecular formula is C32H35N3O2.